The molecule has 1 N–H and O–H groups in total. The van der Waals surface area contributed by atoms with Gasteiger partial charge in [0.15, 0.2) is 5.57 Å². The number of ether oxygens (including phenoxy) is 1. The van der Waals surface area contributed by atoms with Crippen molar-refractivity contribution in [3.8, 4) is 6.07 Å². The van der Waals surface area contributed by atoms with E-state index in [1.165, 1.54) is 16.1 Å². The third-order valence-electron chi connectivity index (χ3n) is 3.25. The summed E-state index contributed by atoms with van der Waals surface area (Å²) in [5.74, 6) is -0.491. The molecule has 0 saturated carbocycles. The molecule has 1 aliphatic rings. The molecule has 1 fully saturated rings. The molecule has 0 aliphatic carbocycles. The molecule has 7 nitrogen and oxygen atoms in total. The minimum Gasteiger partial charge on any atom is -0.459 e. The van der Waals surface area contributed by atoms with Crippen LogP contribution in [0.4, 0.5) is 0 Å². The van der Waals surface area contributed by atoms with Crippen molar-refractivity contribution in [2.45, 2.75) is 52.4 Å². The van der Waals surface area contributed by atoms with Gasteiger partial charge in [0, 0.05) is 18.3 Å². The number of nitrogens with one attached hydrogen (secondary N) is 1. The number of hydrogen-bond donors (Lipinski definition) is 1. The Kier molecular flexibility index (Phi) is 8.14. The quantitative estimate of drug-likeness (QED) is 0.299. The van der Waals surface area contributed by atoms with Gasteiger partial charge < -0.3 is 14.6 Å². The highest BCUT2D eigenvalue weighted by Gasteiger charge is 2.40. The maximum Gasteiger partial charge on any atom is 0.355 e. The summed E-state index contributed by atoms with van der Waals surface area (Å²) < 4.78 is 25.6. The first-order valence-corrected chi connectivity index (χ1v) is 11.1. The van der Waals surface area contributed by atoms with Crippen molar-refractivity contribution in [2.75, 3.05) is 19.7 Å². The van der Waals surface area contributed by atoms with Crippen LogP contribution in [0.25, 0.3) is 0 Å². The van der Waals surface area contributed by atoms with Crippen LogP contribution < -0.4 is 5.32 Å². The molecule has 0 radical (unpaired) electrons. The lowest BCUT2D eigenvalue weighted by Gasteiger charge is -2.30. The summed E-state index contributed by atoms with van der Waals surface area (Å²) in [4.78, 5) is 12.2. The second kappa shape index (κ2) is 9.36. The Hall–Kier alpha value is -1.16. The average molecular weight is 375 g/mol. The smallest absolute Gasteiger partial charge is 0.355 e. The van der Waals surface area contributed by atoms with E-state index >= 15 is 0 Å². The van der Waals surface area contributed by atoms with Crippen molar-refractivity contribution in [1.82, 2.24) is 9.99 Å². The van der Waals surface area contributed by atoms with Crippen LogP contribution in [0.1, 0.15) is 41.0 Å². The Balaban J connectivity index is 3.23. The van der Waals surface area contributed by atoms with Gasteiger partial charge >= 0.3 is 12.7 Å². The third kappa shape index (κ3) is 5.17. The zero-order chi connectivity index (χ0) is 18.3. The average Bonchev–Trinajstić information content (AvgIpc) is 2.97. The normalized spacial score (nSPS) is 20.1. The molecule has 1 saturated heterocycles. The summed E-state index contributed by atoms with van der Waals surface area (Å²) in [6.07, 6.45) is 0.493. The van der Waals surface area contributed by atoms with Crippen LogP contribution in [0.3, 0.4) is 0 Å². The number of carbonyl (C=O) groups excluding carboxylic acids is 1. The van der Waals surface area contributed by atoms with Gasteiger partial charge in [0.1, 0.15) is 11.9 Å². The van der Waals surface area contributed by atoms with E-state index in [0.29, 0.717) is 13.1 Å². The summed E-state index contributed by atoms with van der Waals surface area (Å²) >= 11 is 1.25. The number of carbonyl (C=O) groups is 1. The van der Waals surface area contributed by atoms with Gasteiger partial charge in [0.2, 0.25) is 0 Å². The van der Waals surface area contributed by atoms with Crippen molar-refractivity contribution in [1.29, 1.82) is 5.26 Å². The van der Waals surface area contributed by atoms with Crippen LogP contribution in [0.5, 0.6) is 0 Å². The minimum atomic E-state index is -3.27. The van der Waals surface area contributed by atoms with Crippen molar-refractivity contribution in [2.24, 2.45) is 0 Å². The van der Waals surface area contributed by atoms with Gasteiger partial charge in [-0.25, -0.2) is 4.79 Å². The molecule has 2 unspecified atom stereocenters. The topological polar surface area (TPSA) is 91.7 Å². The van der Waals surface area contributed by atoms with Crippen LogP contribution in [0.15, 0.2) is 11.4 Å². The lowest BCUT2D eigenvalue weighted by atomic mass is 10.3. The van der Waals surface area contributed by atoms with Gasteiger partial charge in [-0.05, 0) is 38.6 Å². The van der Waals surface area contributed by atoms with Crippen molar-refractivity contribution in [3.05, 3.63) is 11.4 Å². The fourth-order valence-corrected chi connectivity index (χ4v) is 7.18. The fraction of sp³-hybridized carbons (Fsp3) is 0.733. The molecule has 0 amide bonds. The molecule has 0 bridgehead atoms. The minimum absolute atomic E-state index is 0.123. The largest absolute Gasteiger partial charge is 0.459 e. The molecule has 136 valence electrons. The van der Waals surface area contributed by atoms with Gasteiger partial charge in [-0.1, -0.05) is 13.8 Å². The molecule has 24 heavy (non-hydrogen) atoms. The second-order valence-corrected chi connectivity index (χ2v) is 10.3. The molecule has 1 rings (SSSR count). The van der Waals surface area contributed by atoms with E-state index in [4.69, 9.17) is 9.26 Å². The van der Waals surface area contributed by atoms with Crippen LogP contribution in [0.2, 0.25) is 0 Å². The van der Waals surface area contributed by atoms with Gasteiger partial charge in [-0.2, -0.15) is 5.26 Å². The zero-order valence-electron chi connectivity index (χ0n) is 14.9. The predicted octanol–water partition coefficient (Wildman–Crippen LogP) is 3.25. The summed E-state index contributed by atoms with van der Waals surface area (Å²) in [6.45, 7) is 7.07. The van der Waals surface area contributed by atoms with E-state index in [-0.39, 0.29) is 29.4 Å². The Morgan fingerprint density at radius 3 is 2.62 bits per heavy atom. The molecule has 2 atom stereocenters. The number of rotatable bonds is 8. The zero-order valence-corrected chi connectivity index (χ0v) is 16.6. The first-order valence-electron chi connectivity index (χ1n) is 8.09. The van der Waals surface area contributed by atoms with Crippen LogP contribution >= 0.6 is 18.1 Å². The Bertz CT molecular complexity index is 574. The molecule has 0 spiro atoms. The first-order chi connectivity index (χ1) is 11.3. The van der Waals surface area contributed by atoms with Gasteiger partial charge in [0.05, 0.1) is 12.7 Å². The molecule has 1 aliphatic heterocycles. The monoisotopic (exact) mass is 375 g/mol. The highest BCUT2D eigenvalue weighted by Crippen LogP contribution is 2.66. The molecular formula is C15H26N3O4PS. The van der Waals surface area contributed by atoms with Crippen molar-refractivity contribution in [3.63, 3.8) is 0 Å². The number of esters is 1. The van der Waals surface area contributed by atoms with Crippen molar-refractivity contribution >= 4 is 24.1 Å². The number of hydrogen-bond acceptors (Lipinski definition) is 7. The molecule has 9 heteroatoms. The van der Waals surface area contributed by atoms with Crippen LogP contribution in [0, 0.1) is 11.3 Å². The lowest BCUT2D eigenvalue weighted by Crippen LogP contribution is -2.24. The highest BCUT2D eigenvalue weighted by atomic mass is 32.7. The van der Waals surface area contributed by atoms with E-state index in [1.54, 1.807) is 20.8 Å². The van der Waals surface area contributed by atoms with E-state index in [1.807, 2.05) is 19.9 Å². The third-order valence-corrected chi connectivity index (χ3v) is 8.57. The fourth-order valence-electron chi connectivity index (χ4n) is 2.04. The second-order valence-electron chi connectivity index (χ2n) is 5.55. The van der Waals surface area contributed by atoms with Gasteiger partial charge in [-0.15, -0.1) is 0 Å². The van der Waals surface area contributed by atoms with Crippen LogP contribution in [-0.2, 0) is 18.6 Å². The maximum absolute atomic E-state index is 13.4. The Labute approximate surface area is 148 Å². The number of nitriles is 1. The summed E-state index contributed by atoms with van der Waals surface area (Å²) in [5, 5.41) is 12.5. The standard InChI is InChI=1S/C15H26N3O4PS/c1-6-12(5)24-23(20,21-7-2)18-9-8-17-14(18)13(10-16)15(19)22-11(3)4/h11-12,17H,6-9H2,1-5H3. The van der Waals surface area contributed by atoms with Gasteiger partial charge in [-0.3, -0.25) is 9.24 Å². The summed E-state index contributed by atoms with van der Waals surface area (Å²) in [5.41, 5.74) is -0.175. The van der Waals surface area contributed by atoms with Crippen LogP contribution in [-0.4, -0.2) is 41.7 Å². The highest BCUT2D eigenvalue weighted by molar-refractivity contribution is 8.56. The SMILES string of the molecule is CCOP(=O)(SC(C)CC)N1CCNC1=C(C#N)C(=O)OC(C)C. The first kappa shape index (κ1) is 20.9. The maximum atomic E-state index is 13.4. The van der Waals surface area contributed by atoms with E-state index in [9.17, 15) is 14.6 Å². The summed E-state index contributed by atoms with van der Waals surface area (Å²) in [7, 11) is 0. The summed E-state index contributed by atoms with van der Waals surface area (Å²) in [6, 6.07) is 1.88. The van der Waals surface area contributed by atoms with E-state index in [2.05, 4.69) is 5.32 Å². The van der Waals surface area contributed by atoms with Gasteiger partial charge in [0.25, 0.3) is 0 Å². The van der Waals surface area contributed by atoms with Crippen molar-refractivity contribution < 1.29 is 18.6 Å². The Morgan fingerprint density at radius 1 is 1.46 bits per heavy atom. The van der Waals surface area contributed by atoms with E-state index in [0.717, 1.165) is 6.42 Å². The molecule has 0 aromatic heterocycles. The molecule has 0 aromatic rings. The lowest BCUT2D eigenvalue weighted by molar-refractivity contribution is -0.142. The Morgan fingerprint density at radius 2 is 2.12 bits per heavy atom. The molecule has 1 heterocycles. The number of nitrogens with zero attached hydrogens (tertiary/aromatic N) is 2. The molecular weight excluding hydrogens is 349 g/mol. The van der Waals surface area contributed by atoms with E-state index < -0.39 is 12.7 Å². The molecule has 0 aromatic carbocycles. The predicted molar refractivity (Wildman–Crippen MR) is 95.2 cm³/mol.